The molecule has 40 heavy (non-hydrogen) atoms. The van der Waals surface area contributed by atoms with Crippen LogP contribution in [0.2, 0.25) is 0 Å². The van der Waals surface area contributed by atoms with Crippen LogP contribution in [-0.2, 0) is 4.79 Å². The van der Waals surface area contributed by atoms with Gasteiger partial charge in [-0.3, -0.25) is 4.79 Å². The van der Waals surface area contributed by atoms with Gasteiger partial charge >= 0.3 is 0 Å². The standard InChI is InChI=1S/C37H34O3/c1-39-33-25-21-31(22-26-33)35(19-11-9-17-29-13-5-3-6-14-29)37(38)36(32-23-27-34(40-2)28-24-32)20-12-10-18-30-15-7-4-8-16-30/h3-28,35-36H,1-2H3. The molecule has 0 aliphatic heterocycles. The van der Waals surface area contributed by atoms with Gasteiger partial charge in [0, 0.05) is 0 Å². The van der Waals surface area contributed by atoms with Crippen LogP contribution in [0.25, 0.3) is 12.2 Å². The van der Waals surface area contributed by atoms with Crippen LogP contribution in [-0.4, -0.2) is 20.0 Å². The highest BCUT2D eigenvalue weighted by Gasteiger charge is 2.26. The summed E-state index contributed by atoms with van der Waals surface area (Å²) in [6.07, 6.45) is 15.8. The van der Waals surface area contributed by atoms with Gasteiger partial charge in [0.15, 0.2) is 5.78 Å². The van der Waals surface area contributed by atoms with Gasteiger partial charge in [-0.2, -0.15) is 0 Å². The molecule has 2 atom stereocenters. The molecule has 2 unspecified atom stereocenters. The molecule has 4 aromatic carbocycles. The van der Waals surface area contributed by atoms with Crippen molar-refractivity contribution in [2.45, 2.75) is 11.8 Å². The number of hydrogen-bond donors (Lipinski definition) is 0. The predicted octanol–water partition coefficient (Wildman–Crippen LogP) is 8.68. The Kier molecular flexibility index (Phi) is 10.5. The van der Waals surface area contributed by atoms with E-state index in [2.05, 4.69) is 0 Å². The molecule has 4 rings (SSSR count). The number of hydrogen-bond acceptors (Lipinski definition) is 3. The Labute approximate surface area is 237 Å². The minimum Gasteiger partial charge on any atom is -0.497 e. The van der Waals surface area contributed by atoms with Crippen molar-refractivity contribution in [1.82, 2.24) is 0 Å². The summed E-state index contributed by atoms with van der Waals surface area (Å²) in [6, 6.07) is 35.6. The van der Waals surface area contributed by atoms with Crippen LogP contribution in [0.4, 0.5) is 0 Å². The fourth-order valence-corrected chi connectivity index (χ4v) is 4.37. The summed E-state index contributed by atoms with van der Waals surface area (Å²) >= 11 is 0. The highest BCUT2D eigenvalue weighted by molar-refractivity contribution is 5.95. The van der Waals surface area contributed by atoms with Crippen molar-refractivity contribution in [2.75, 3.05) is 14.2 Å². The summed E-state index contributed by atoms with van der Waals surface area (Å²) in [6.45, 7) is 0. The van der Waals surface area contributed by atoms with Gasteiger partial charge in [-0.15, -0.1) is 0 Å². The fraction of sp³-hybridized carbons (Fsp3) is 0.108. The first kappa shape index (κ1) is 28.1. The topological polar surface area (TPSA) is 35.5 Å². The molecular formula is C37H34O3. The second kappa shape index (κ2) is 14.9. The van der Waals surface area contributed by atoms with Crippen LogP contribution in [0, 0.1) is 0 Å². The number of rotatable bonds is 12. The molecule has 0 heterocycles. The monoisotopic (exact) mass is 526 g/mol. The van der Waals surface area contributed by atoms with E-state index in [0.29, 0.717) is 0 Å². The van der Waals surface area contributed by atoms with E-state index < -0.39 is 11.8 Å². The van der Waals surface area contributed by atoms with Crippen molar-refractivity contribution in [2.24, 2.45) is 0 Å². The number of carbonyl (C=O) groups excluding carboxylic acids is 1. The summed E-state index contributed by atoms with van der Waals surface area (Å²) in [5.74, 6) is 0.660. The average molecular weight is 527 g/mol. The second-order valence-corrected chi connectivity index (χ2v) is 9.21. The molecule has 0 spiro atoms. The van der Waals surface area contributed by atoms with Crippen molar-refractivity contribution < 1.29 is 14.3 Å². The lowest BCUT2D eigenvalue weighted by molar-refractivity contribution is -0.120. The maximum atomic E-state index is 14.3. The molecule has 0 saturated carbocycles. The quantitative estimate of drug-likeness (QED) is 0.173. The van der Waals surface area contributed by atoms with Gasteiger partial charge < -0.3 is 9.47 Å². The number of ether oxygens (including phenoxy) is 2. The van der Waals surface area contributed by atoms with E-state index in [9.17, 15) is 4.79 Å². The normalized spacial score (nSPS) is 13.2. The molecule has 0 saturated heterocycles. The number of Topliss-reactive ketones (excluding diaryl/α,β-unsaturated/α-hetero) is 1. The lowest BCUT2D eigenvalue weighted by Gasteiger charge is -2.19. The van der Waals surface area contributed by atoms with Crippen molar-refractivity contribution in [3.63, 3.8) is 0 Å². The van der Waals surface area contributed by atoms with Crippen LogP contribution in [0.15, 0.2) is 146 Å². The van der Waals surface area contributed by atoms with E-state index in [4.69, 9.17) is 9.47 Å². The molecule has 0 N–H and O–H groups in total. The van der Waals surface area contributed by atoms with Crippen LogP contribution in [0.3, 0.4) is 0 Å². The Morgan fingerprint density at radius 1 is 0.525 bits per heavy atom. The minimum atomic E-state index is -0.457. The first-order valence-corrected chi connectivity index (χ1v) is 13.3. The number of carbonyl (C=O) groups is 1. The molecule has 3 nitrogen and oxygen atoms in total. The largest absolute Gasteiger partial charge is 0.497 e. The first-order chi connectivity index (χ1) is 19.7. The molecule has 4 aromatic rings. The zero-order valence-corrected chi connectivity index (χ0v) is 22.9. The van der Waals surface area contributed by atoms with Gasteiger partial charge in [-0.05, 0) is 46.5 Å². The Balaban J connectivity index is 1.67. The zero-order chi connectivity index (χ0) is 28.0. The molecule has 0 aliphatic rings. The summed E-state index contributed by atoms with van der Waals surface area (Å²) in [5, 5.41) is 0. The lowest BCUT2D eigenvalue weighted by Crippen LogP contribution is -2.18. The maximum absolute atomic E-state index is 14.3. The summed E-state index contributed by atoms with van der Waals surface area (Å²) < 4.78 is 10.7. The van der Waals surface area contributed by atoms with Gasteiger partial charge in [0.1, 0.15) is 11.5 Å². The highest BCUT2D eigenvalue weighted by Crippen LogP contribution is 2.31. The summed E-state index contributed by atoms with van der Waals surface area (Å²) in [7, 11) is 3.28. The molecular weight excluding hydrogens is 492 g/mol. The third-order valence-electron chi connectivity index (χ3n) is 6.57. The number of ketones is 1. The first-order valence-electron chi connectivity index (χ1n) is 13.3. The van der Waals surface area contributed by atoms with Crippen molar-refractivity contribution in [1.29, 1.82) is 0 Å². The minimum absolute atomic E-state index is 0.0732. The third kappa shape index (κ3) is 8.05. The molecule has 0 aliphatic carbocycles. The Morgan fingerprint density at radius 3 is 1.25 bits per heavy atom. The van der Waals surface area contributed by atoms with Crippen molar-refractivity contribution >= 4 is 17.9 Å². The molecule has 0 aromatic heterocycles. The van der Waals surface area contributed by atoms with E-state index in [1.54, 1.807) is 14.2 Å². The van der Waals surface area contributed by atoms with Crippen LogP contribution in [0.5, 0.6) is 11.5 Å². The lowest BCUT2D eigenvalue weighted by atomic mass is 9.83. The molecule has 3 heteroatoms. The van der Waals surface area contributed by atoms with Crippen LogP contribution < -0.4 is 9.47 Å². The van der Waals surface area contributed by atoms with E-state index in [1.165, 1.54) is 0 Å². The molecule has 0 fully saturated rings. The fourth-order valence-electron chi connectivity index (χ4n) is 4.37. The van der Waals surface area contributed by atoms with Crippen LogP contribution in [0.1, 0.15) is 34.1 Å². The maximum Gasteiger partial charge on any atom is 0.155 e. The van der Waals surface area contributed by atoms with Gasteiger partial charge in [-0.1, -0.05) is 134 Å². The second-order valence-electron chi connectivity index (χ2n) is 9.21. The third-order valence-corrected chi connectivity index (χ3v) is 6.57. The Hall–Kier alpha value is -4.89. The molecule has 0 radical (unpaired) electrons. The van der Waals surface area contributed by atoms with Crippen molar-refractivity contribution in [3.05, 3.63) is 168 Å². The van der Waals surface area contributed by atoms with E-state index in [1.807, 2.05) is 158 Å². The predicted molar refractivity (Wildman–Crippen MR) is 166 cm³/mol. The molecule has 200 valence electrons. The van der Waals surface area contributed by atoms with E-state index in [-0.39, 0.29) is 5.78 Å². The number of methoxy groups -OCH3 is 2. The Morgan fingerprint density at radius 2 is 0.900 bits per heavy atom. The molecule has 0 amide bonds. The smallest absolute Gasteiger partial charge is 0.155 e. The van der Waals surface area contributed by atoms with E-state index in [0.717, 1.165) is 33.8 Å². The number of benzene rings is 4. The number of allylic oxidation sites excluding steroid dienone is 6. The van der Waals surface area contributed by atoms with Crippen LogP contribution >= 0.6 is 0 Å². The Bertz CT molecular complexity index is 1330. The van der Waals surface area contributed by atoms with Gasteiger partial charge in [-0.25, -0.2) is 0 Å². The van der Waals surface area contributed by atoms with Gasteiger partial charge in [0.25, 0.3) is 0 Å². The summed E-state index contributed by atoms with van der Waals surface area (Å²) in [4.78, 5) is 14.3. The highest BCUT2D eigenvalue weighted by atomic mass is 16.5. The SMILES string of the molecule is COc1ccc(C(C=CC=Cc2ccccc2)C(=O)C(C=CC=Cc2ccccc2)c2ccc(OC)cc2)cc1. The molecule has 0 bridgehead atoms. The van der Waals surface area contributed by atoms with Crippen molar-refractivity contribution in [3.8, 4) is 11.5 Å². The van der Waals surface area contributed by atoms with Gasteiger partial charge in [0.05, 0.1) is 26.1 Å². The van der Waals surface area contributed by atoms with E-state index >= 15 is 0 Å². The average Bonchev–Trinajstić information content (AvgIpc) is 3.02. The zero-order valence-electron chi connectivity index (χ0n) is 22.9. The van der Waals surface area contributed by atoms with Gasteiger partial charge in [0.2, 0.25) is 0 Å². The summed E-state index contributed by atoms with van der Waals surface area (Å²) in [5.41, 5.74) is 4.01.